The van der Waals surface area contributed by atoms with Crippen LogP contribution in [0.2, 0.25) is 0 Å². The van der Waals surface area contributed by atoms with Crippen LogP contribution in [0.1, 0.15) is 40.6 Å². The maximum Gasteiger partial charge on any atom is 0.253 e. The number of nitrogens with one attached hydrogen (secondary N) is 1. The normalized spacial score (nSPS) is 12.3. The third kappa shape index (κ3) is 5.03. The molecule has 1 N–H and O–H groups in total. The maximum absolute atomic E-state index is 12.4. The van der Waals surface area contributed by atoms with Crippen molar-refractivity contribution < 1.29 is 4.79 Å². The van der Waals surface area contributed by atoms with Crippen LogP contribution in [0.15, 0.2) is 58.5 Å². The van der Waals surface area contributed by atoms with Crippen LogP contribution in [-0.2, 0) is 4.79 Å². The molecule has 4 nitrogen and oxygen atoms in total. The minimum Gasteiger partial charge on any atom is -0.318 e. The van der Waals surface area contributed by atoms with Gasteiger partial charge in [-0.25, -0.2) is 5.43 Å². The first-order valence-corrected chi connectivity index (χ1v) is 11.0. The number of aromatic nitrogens is 1. The van der Waals surface area contributed by atoms with Gasteiger partial charge < -0.3 is 4.57 Å². The number of benzene rings is 2. The van der Waals surface area contributed by atoms with Crippen LogP contribution < -0.4 is 5.43 Å². The molecule has 1 heterocycles. The second-order valence-electron chi connectivity index (χ2n) is 7.76. The summed E-state index contributed by atoms with van der Waals surface area (Å²) >= 11 is 1.53. The van der Waals surface area contributed by atoms with E-state index in [1.165, 1.54) is 34.1 Å². The number of aryl methyl sites for hydroxylation is 4. The van der Waals surface area contributed by atoms with E-state index in [2.05, 4.69) is 86.1 Å². The van der Waals surface area contributed by atoms with Gasteiger partial charge in [-0.2, -0.15) is 5.10 Å². The number of carbonyl (C=O) groups is 1. The molecule has 0 aliphatic rings. The van der Waals surface area contributed by atoms with Crippen molar-refractivity contribution in [1.82, 2.24) is 9.99 Å². The average molecular weight is 420 g/mol. The minimum atomic E-state index is -0.229. The first-order valence-electron chi connectivity index (χ1n) is 10.1. The molecule has 30 heavy (non-hydrogen) atoms. The van der Waals surface area contributed by atoms with E-state index < -0.39 is 0 Å². The number of rotatable bonds is 6. The number of hydrogen-bond donors (Lipinski definition) is 1. The van der Waals surface area contributed by atoms with Crippen LogP contribution in [0.4, 0.5) is 0 Å². The highest BCUT2D eigenvalue weighted by molar-refractivity contribution is 8.00. The molecule has 0 saturated carbocycles. The Morgan fingerprint density at radius 2 is 1.67 bits per heavy atom. The van der Waals surface area contributed by atoms with Crippen molar-refractivity contribution >= 4 is 23.9 Å². The predicted octanol–water partition coefficient (Wildman–Crippen LogP) is 5.65. The molecule has 0 fully saturated rings. The van der Waals surface area contributed by atoms with Gasteiger partial charge in [-0.15, -0.1) is 11.8 Å². The first-order chi connectivity index (χ1) is 14.3. The molecule has 0 aliphatic carbocycles. The zero-order valence-corrected chi connectivity index (χ0v) is 19.3. The van der Waals surface area contributed by atoms with Crippen LogP contribution in [-0.4, -0.2) is 21.9 Å². The third-order valence-electron chi connectivity index (χ3n) is 5.14. The van der Waals surface area contributed by atoms with Crippen LogP contribution >= 0.6 is 11.8 Å². The van der Waals surface area contributed by atoms with Gasteiger partial charge in [-0.3, -0.25) is 4.79 Å². The van der Waals surface area contributed by atoms with E-state index in [4.69, 9.17) is 0 Å². The molecule has 3 aromatic rings. The van der Waals surface area contributed by atoms with E-state index in [-0.39, 0.29) is 11.2 Å². The van der Waals surface area contributed by atoms with Gasteiger partial charge in [-0.1, -0.05) is 35.4 Å². The molecule has 3 rings (SSSR count). The molecule has 0 unspecified atom stereocenters. The summed E-state index contributed by atoms with van der Waals surface area (Å²) in [5, 5.41) is 3.98. The summed E-state index contributed by atoms with van der Waals surface area (Å²) < 4.78 is 2.23. The lowest BCUT2D eigenvalue weighted by Crippen LogP contribution is -2.26. The number of hydrogen-bond acceptors (Lipinski definition) is 3. The molecule has 0 saturated heterocycles. The van der Waals surface area contributed by atoms with E-state index in [0.717, 1.165) is 21.8 Å². The molecule has 0 radical (unpaired) electrons. The highest BCUT2D eigenvalue weighted by Crippen LogP contribution is 2.24. The third-order valence-corrected chi connectivity index (χ3v) is 6.26. The Morgan fingerprint density at radius 3 is 2.33 bits per heavy atom. The standard InChI is InChI=1S/C25H29N3OS/c1-16-7-10-23(11-8-16)30-21(6)25(29)27-26-15-22-14-19(4)28(20(22)5)24-12-9-17(2)13-18(24)3/h7-15,21H,1-6H3,(H,27,29)/b26-15-/t21-/m0/s1. The van der Waals surface area contributed by atoms with E-state index in [1.807, 2.05) is 19.1 Å². The highest BCUT2D eigenvalue weighted by Gasteiger charge is 2.14. The topological polar surface area (TPSA) is 46.4 Å². The Morgan fingerprint density at radius 1 is 1.00 bits per heavy atom. The lowest BCUT2D eigenvalue weighted by molar-refractivity contribution is -0.120. The number of nitrogens with zero attached hydrogens (tertiary/aromatic N) is 2. The Hall–Kier alpha value is -2.79. The number of amides is 1. The predicted molar refractivity (Wildman–Crippen MR) is 127 cm³/mol. The van der Waals surface area contributed by atoms with Gasteiger partial charge in [0.15, 0.2) is 0 Å². The van der Waals surface area contributed by atoms with E-state index in [0.29, 0.717) is 0 Å². The van der Waals surface area contributed by atoms with E-state index in [9.17, 15) is 4.79 Å². The maximum atomic E-state index is 12.4. The number of carbonyl (C=O) groups excluding carboxylic acids is 1. The van der Waals surface area contributed by atoms with Crippen molar-refractivity contribution in [2.45, 2.75) is 51.7 Å². The smallest absolute Gasteiger partial charge is 0.253 e. The molecule has 1 amide bonds. The fourth-order valence-electron chi connectivity index (χ4n) is 3.48. The zero-order chi connectivity index (χ0) is 21.8. The van der Waals surface area contributed by atoms with E-state index >= 15 is 0 Å². The van der Waals surface area contributed by atoms with Crippen LogP contribution in [0.3, 0.4) is 0 Å². The summed E-state index contributed by atoms with van der Waals surface area (Å²) in [6.07, 6.45) is 1.73. The van der Waals surface area contributed by atoms with Crippen molar-refractivity contribution in [1.29, 1.82) is 0 Å². The Bertz CT molecular complexity index is 1080. The second-order valence-corrected chi connectivity index (χ2v) is 9.17. The lowest BCUT2D eigenvalue weighted by Gasteiger charge is -2.13. The van der Waals surface area contributed by atoms with Crippen molar-refractivity contribution in [2.24, 2.45) is 5.10 Å². The largest absolute Gasteiger partial charge is 0.318 e. The molecular formula is C25H29N3OS. The van der Waals surface area contributed by atoms with Crippen molar-refractivity contribution in [2.75, 3.05) is 0 Å². The molecule has 156 valence electrons. The SMILES string of the molecule is Cc1ccc(S[C@@H](C)C(=O)N/N=C\c2cc(C)n(-c3ccc(C)cc3C)c2C)cc1. The zero-order valence-electron chi connectivity index (χ0n) is 18.5. The fourth-order valence-corrected chi connectivity index (χ4v) is 4.34. The van der Waals surface area contributed by atoms with Crippen molar-refractivity contribution in [3.8, 4) is 5.69 Å². The average Bonchev–Trinajstić information content (AvgIpc) is 2.97. The highest BCUT2D eigenvalue weighted by atomic mass is 32.2. The van der Waals surface area contributed by atoms with Gasteiger partial charge >= 0.3 is 0 Å². The molecule has 0 spiro atoms. The first kappa shape index (κ1) is 21.9. The van der Waals surface area contributed by atoms with Gasteiger partial charge in [0.05, 0.1) is 11.5 Å². The summed E-state index contributed by atoms with van der Waals surface area (Å²) in [7, 11) is 0. The van der Waals surface area contributed by atoms with Crippen LogP contribution in [0, 0.1) is 34.6 Å². The molecule has 1 aromatic heterocycles. The minimum absolute atomic E-state index is 0.111. The number of thioether (sulfide) groups is 1. The van der Waals surface area contributed by atoms with Gasteiger partial charge in [0, 0.05) is 27.5 Å². The molecule has 5 heteroatoms. The lowest BCUT2D eigenvalue weighted by atomic mass is 10.1. The Labute approximate surface area is 183 Å². The quantitative estimate of drug-likeness (QED) is 0.319. The van der Waals surface area contributed by atoms with Gasteiger partial charge in [0.2, 0.25) is 0 Å². The summed E-state index contributed by atoms with van der Waals surface area (Å²) in [6.45, 7) is 12.3. The fraction of sp³-hybridized carbons (Fsp3) is 0.280. The molecule has 0 bridgehead atoms. The second kappa shape index (κ2) is 9.35. The van der Waals surface area contributed by atoms with Gasteiger partial charge in [0.1, 0.15) is 0 Å². The molecule has 0 aliphatic heterocycles. The van der Waals surface area contributed by atoms with E-state index in [1.54, 1.807) is 6.21 Å². The molecule has 1 atom stereocenters. The van der Waals surface area contributed by atoms with Crippen LogP contribution in [0.5, 0.6) is 0 Å². The Kier molecular flexibility index (Phi) is 6.83. The van der Waals surface area contributed by atoms with Crippen molar-refractivity contribution in [3.05, 3.63) is 82.2 Å². The molecular weight excluding hydrogens is 390 g/mol. The molecule has 2 aromatic carbocycles. The van der Waals surface area contributed by atoms with Crippen molar-refractivity contribution in [3.63, 3.8) is 0 Å². The Balaban J connectivity index is 1.69. The van der Waals surface area contributed by atoms with Crippen LogP contribution in [0.25, 0.3) is 5.69 Å². The number of hydrazone groups is 1. The monoisotopic (exact) mass is 419 g/mol. The summed E-state index contributed by atoms with van der Waals surface area (Å²) in [4.78, 5) is 13.5. The van der Waals surface area contributed by atoms with Gasteiger partial charge in [-0.05, 0) is 71.4 Å². The summed E-state index contributed by atoms with van der Waals surface area (Å²) in [5.41, 5.74) is 10.8. The van der Waals surface area contributed by atoms with Gasteiger partial charge in [0.25, 0.3) is 5.91 Å². The summed E-state index contributed by atoms with van der Waals surface area (Å²) in [5.74, 6) is -0.111. The summed E-state index contributed by atoms with van der Waals surface area (Å²) in [6, 6.07) is 16.7.